The van der Waals surface area contributed by atoms with E-state index in [2.05, 4.69) is 5.32 Å². The van der Waals surface area contributed by atoms with Gasteiger partial charge >= 0.3 is 5.97 Å². The number of hydrogen-bond acceptors (Lipinski definition) is 5. The maximum Gasteiger partial charge on any atom is 0.338 e. The molecule has 7 nitrogen and oxygen atoms in total. The number of alkyl halides is 2. The van der Waals surface area contributed by atoms with Crippen LogP contribution in [0.2, 0.25) is 10.0 Å². The number of rotatable bonds is 5. The zero-order chi connectivity index (χ0) is 25.0. The number of fused-ring (bicyclic) bond motifs is 5. The van der Waals surface area contributed by atoms with Crippen molar-refractivity contribution in [2.45, 2.75) is 17.2 Å². The molecule has 182 valence electrons. The summed E-state index contributed by atoms with van der Waals surface area (Å²) < 4.78 is 5.10. The smallest absolute Gasteiger partial charge is 0.338 e. The number of nitrogens with one attached hydrogen (secondary N) is 1. The Kier molecular flexibility index (Phi) is 6.46. The number of anilines is 2. The van der Waals surface area contributed by atoms with Crippen LogP contribution >= 0.6 is 46.4 Å². The number of benzene rings is 2. The maximum atomic E-state index is 13.2. The van der Waals surface area contributed by atoms with Crippen molar-refractivity contribution in [2.75, 3.05) is 16.8 Å². The van der Waals surface area contributed by atoms with Gasteiger partial charge in [-0.25, -0.2) is 4.79 Å². The topological polar surface area (TPSA) is 92.8 Å². The van der Waals surface area contributed by atoms with Crippen LogP contribution in [0.5, 0.6) is 0 Å². The number of imide groups is 1. The molecule has 3 fully saturated rings. The molecule has 5 rings (SSSR count). The lowest BCUT2D eigenvalue weighted by atomic mass is 9.80. The molecular weight excluding hydrogens is 538 g/mol. The maximum absolute atomic E-state index is 13.2. The third-order valence-electron chi connectivity index (χ3n) is 6.87. The average molecular weight is 556 g/mol. The number of esters is 1. The zero-order valence-electron chi connectivity index (χ0n) is 17.9. The molecule has 2 bridgehead atoms. The van der Waals surface area contributed by atoms with Gasteiger partial charge in [-0.2, -0.15) is 0 Å². The molecule has 0 spiro atoms. The second-order valence-corrected chi connectivity index (χ2v) is 10.7. The zero-order valence-corrected chi connectivity index (χ0v) is 20.9. The van der Waals surface area contributed by atoms with Crippen molar-refractivity contribution >= 4 is 81.5 Å². The first-order valence-corrected chi connectivity index (χ1v) is 12.5. The third-order valence-corrected chi connectivity index (χ3v) is 8.73. The van der Waals surface area contributed by atoms with Gasteiger partial charge in [0.05, 0.1) is 44.6 Å². The van der Waals surface area contributed by atoms with Gasteiger partial charge in [-0.05, 0) is 54.7 Å². The lowest BCUT2D eigenvalue weighted by molar-refractivity contribution is -0.123. The number of amides is 3. The Labute approximate surface area is 220 Å². The van der Waals surface area contributed by atoms with Crippen molar-refractivity contribution in [3.8, 4) is 0 Å². The SMILES string of the molecule is O=C(COC(=O)c1cccc(N2C(=O)[C@@H]3[C@H]4C[C@@H]([C@@H](Cl)[C@H]4Cl)[C@H]3C2=O)c1)Nc1ccc(Cl)cc1Cl. The second kappa shape index (κ2) is 9.28. The molecule has 2 aromatic rings. The molecular formula is C24H18Cl4N2O5. The Morgan fingerprint density at radius 2 is 1.63 bits per heavy atom. The van der Waals surface area contributed by atoms with Crippen LogP contribution in [0.15, 0.2) is 42.5 Å². The summed E-state index contributed by atoms with van der Waals surface area (Å²) in [4.78, 5) is 52.2. The van der Waals surface area contributed by atoms with Gasteiger partial charge in [0.15, 0.2) is 6.61 Å². The lowest BCUT2D eigenvalue weighted by Crippen LogP contribution is -2.37. The minimum atomic E-state index is -0.787. The standard InChI is InChI=1S/C24H18Cl4N2O5/c25-11-4-5-16(15(26)7-11)29-17(31)9-35-24(34)10-2-1-3-12(6-10)30-22(32)18-13-8-14(19(18)23(30)33)21(28)20(13)27/h1-7,13-14,18-21H,8-9H2,(H,29,31)/t13-,14-,18-,19-,20-,21+/m1/s1. The first-order valence-electron chi connectivity index (χ1n) is 10.9. The molecule has 1 aliphatic heterocycles. The number of nitrogens with zero attached hydrogens (tertiary/aromatic N) is 1. The molecule has 3 aliphatic rings. The van der Waals surface area contributed by atoms with E-state index >= 15 is 0 Å². The van der Waals surface area contributed by atoms with Crippen LogP contribution in [0.25, 0.3) is 0 Å². The van der Waals surface area contributed by atoms with E-state index in [1.807, 2.05) is 0 Å². The monoisotopic (exact) mass is 554 g/mol. The van der Waals surface area contributed by atoms with Gasteiger partial charge < -0.3 is 10.1 Å². The largest absolute Gasteiger partial charge is 0.452 e. The summed E-state index contributed by atoms with van der Waals surface area (Å²) in [6, 6.07) is 10.5. The Morgan fingerprint density at radius 1 is 0.971 bits per heavy atom. The summed E-state index contributed by atoms with van der Waals surface area (Å²) in [5, 5.41) is 2.48. The Hall–Kier alpha value is -2.32. The van der Waals surface area contributed by atoms with Crippen LogP contribution in [0.4, 0.5) is 11.4 Å². The molecule has 2 aromatic carbocycles. The van der Waals surface area contributed by atoms with Gasteiger partial charge in [0.2, 0.25) is 11.8 Å². The number of ether oxygens (including phenoxy) is 1. The van der Waals surface area contributed by atoms with Gasteiger partial charge in [0, 0.05) is 5.02 Å². The van der Waals surface area contributed by atoms with Crippen molar-refractivity contribution in [3.63, 3.8) is 0 Å². The first-order chi connectivity index (χ1) is 16.7. The molecule has 1 saturated heterocycles. The van der Waals surface area contributed by atoms with Gasteiger partial charge in [0.1, 0.15) is 0 Å². The molecule has 0 unspecified atom stereocenters. The molecule has 2 saturated carbocycles. The van der Waals surface area contributed by atoms with Crippen molar-refractivity contribution in [2.24, 2.45) is 23.7 Å². The summed E-state index contributed by atoms with van der Waals surface area (Å²) in [5.41, 5.74) is 0.673. The van der Waals surface area contributed by atoms with E-state index in [-0.39, 0.29) is 50.7 Å². The molecule has 35 heavy (non-hydrogen) atoms. The average Bonchev–Trinajstić information content (AvgIpc) is 3.44. The minimum Gasteiger partial charge on any atom is -0.452 e. The van der Waals surface area contributed by atoms with Crippen molar-refractivity contribution < 1.29 is 23.9 Å². The second-order valence-electron chi connectivity index (χ2n) is 8.81. The molecule has 3 amide bonds. The highest BCUT2D eigenvalue weighted by Crippen LogP contribution is 2.59. The number of hydrogen-bond donors (Lipinski definition) is 1. The van der Waals surface area contributed by atoms with E-state index in [4.69, 9.17) is 51.1 Å². The quantitative estimate of drug-likeness (QED) is 0.326. The normalized spacial score (nSPS) is 28.9. The van der Waals surface area contributed by atoms with E-state index in [1.165, 1.54) is 30.3 Å². The summed E-state index contributed by atoms with van der Waals surface area (Å²) in [7, 11) is 0. The first kappa shape index (κ1) is 24.4. The van der Waals surface area contributed by atoms with Gasteiger partial charge in [-0.3, -0.25) is 19.3 Å². The highest BCUT2D eigenvalue weighted by atomic mass is 35.5. The third kappa shape index (κ3) is 4.18. The molecule has 0 aromatic heterocycles. The summed E-state index contributed by atoms with van der Waals surface area (Å²) in [6.45, 7) is -0.564. The van der Waals surface area contributed by atoms with Crippen molar-refractivity contribution in [1.82, 2.24) is 0 Å². The fraction of sp³-hybridized carbons (Fsp3) is 0.333. The Bertz CT molecular complexity index is 1220. The van der Waals surface area contributed by atoms with Crippen LogP contribution in [0.3, 0.4) is 0 Å². The predicted octanol–water partition coefficient (Wildman–Crippen LogP) is 4.76. The van der Waals surface area contributed by atoms with Crippen LogP contribution in [-0.2, 0) is 19.1 Å². The van der Waals surface area contributed by atoms with E-state index in [9.17, 15) is 19.2 Å². The summed E-state index contributed by atoms with van der Waals surface area (Å²) >= 11 is 24.7. The number of carbonyl (C=O) groups excluding carboxylic acids is 4. The number of carbonyl (C=O) groups is 4. The van der Waals surface area contributed by atoms with Gasteiger partial charge in [0.25, 0.3) is 5.91 Å². The summed E-state index contributed by atoms with van der Waals surface area (Å²) in [5.74, 6) is -3.32. The Balaban J connectivity index is 1.26. The van der Waals surface area contributed by atoms with E-state index in [0.29, 0.717) is 17.1 Å². The van der Waals surface area contributed by atoms with Crippen LogP contribution < -0.4 is 10.2 Å². The Morgan fingerprint density at radius 3 is 2.26 bits per heavy atom. The lowest BCUT2D eigenvalue weighted by Gasteiger charge is -2.28. The van der Waals surface area contributed by atoms with Crippen LogP contribution in [0, 0.1) is 23.7 Å². The van der Waals surface area contributed by atoms with Crippen LogP contribution in [-0.4, -0.2) is 41.1 Å². The molecule has 1 N–H and O–H groups in total. The molecule has 0 radical (unpaired) electrons. The van der Waals surface area contributed by atoms with E-state index in [0.717, 1.165) is 4.90 Å². The molecule has 11 heteroatoms. The van der Waals surface area contributed by atoms with Crippen molar-refractivity contribution in [3.05, 3.63) is 58.1 Å². The van der Waals surface area contributed by atoms with E-state index < -0.39 is 30.3 Å². The number of halogens is 4. The minimum absolute atomic E-state index is 0.0888. The van der Waals surface area contributed by atoms with Gasteiger partial charge in [-0.1, -0.05) is 29.3 Å². The highest BCUT2D eigenvalue weighted by molar-refractivity contribution is 6.36. The van der Waals surface area contributed by atoms with Crippen molar-refractivity contribution in [1.29, 1.82) is 0 Å². The van der Waals surface area contributed by atoms with Gasteiger partial charge in [-0.15, -0.1) is 23.2 Å². The fourth-order valence-corrected chi connectivity index (χ4v) is 6.72. The summed E-state index contributed by atoms with van der Waals surface area (Å²) in [6.07, 6.45) is 0.665. The molecule has 6 atom stereocenters. The fourth-order valence-electron chi connectivity index (χ4n) is 5.37. The van der Waals surface area contributed by atoms with Crippen LogP contribution in [0.1, 0.15) is 16.8 Å². The van der Waals surface area contributed by atoms with E-state index in [1.54, 1.807) is 12.1 Å². The molecule has 2 aliphatic carbocycles. The highest BCUT2D eigenvalue weighted by Gasteiger charge is 2.66. The molecule has 1 heterocycles. The predicted molar refractivity (Wildman–Crippen MR) is 132 cm³/mol.